The summed E-state index contributed by atoms with van der Waals surface area (Å²) in [7, 11) is 0. The number of hydrogen-bond donors (Lipinski definition) is 4. The molecule has 0 spiro atoms. The highest BCUT2D eigenvalue weighted by atomic mass is 35.5. The van der Waals surface area contributed by atoms with E-state index >= 15 is 0 Å². The zero-order valence-corrected chi connectivity index (χ0v) is 28.7. The molecule has 0 saturated carbocycles. The quantitative estimate of drug-likeness (QED) is 0.332. The molecule has 2 aromatic rings. The standard InChI is InChI=1S/C36H49ClN8O3/c1-2-24-17-23(18-30(37)33(24)38)19-32(34(46)42-12-8-28(9-13-42)45-22-26-20-29(45)21-39-26)41-35(47)43-14-10-27(11-15-43)44-16-7-25-5-3-4-6-31(25)40-36(44)48/h3-6,17-18,26-29,32,39H,2,7-16,19-22,38H2,1H3,(H,40,48)(H,41,47)/t26-,29?,32-/m1/s1. The Labute approximate surface area is 288 Å². The van der Waals surface area contributed by atoms with Crippen LogP contribution in [-0.2, 0) is 24.1 Å². The molecule has 3 atom stereocenters. The molecule has 0 radical (unpaired) electrons. The first-order valence-electron chi connectivity index (χ1n) is 17.8. The van der Waals surface area contributed by atoms with Gasteiger partial charge in [-0.15, -0.1) is 0 Å². The predicted octanol–water partition coefficient (Wildman–Crippen LogP) is 3.70. The van der Waals surface area contributed by atoms with Crippen molar-refractivity contribution in [2.75, 3.05) is 56.9 Å². The molecule has 258 valence electrons. The zero-order chi connectivity index (χ0) is 33.4. The van der Waals surface area contributed by atoms with E-state index < -0.39 is 6.04 Å². The highest BCUT2D eigenvalue weighted by Gasteiger charge is 2.42. The minimum Gasteiger partial charge on any atom is -0.397 e. The van der Waals surface area contributed by atoms with Crippen LogP contribution in [0.2, 0.25) is 5.02 Å². The van der Waals surface area contributed by atoms with Crippen LogP contribution in [0, 0.1) is 0 Å². The third kappa shape index (κ3) is 6.82. The lowest BCUT2D eigenvalue weighted by molar-refractivity contribution is -0.135. The third-order valence-electron chi connectivity index (χ3n) is 11.4. The molecule has 2 bridgehead atoms. The van der Waals surface area contributed by atoms with Crippen molar-refractivity contribution < 1.29 is 14.4 Å². The van der Waals surface area contributed by atoms with Gasteiger partial charge in [-0.05, 0) is 73.8 Å². The number of nitrogens with one attached hydrogen (secondary N) is 3. The Hall–Kier alpha value is -3.54. The van der Waals surface area contributed by atoms with Crippen molar-refractivity contribution in [3.05, 3.63) is 58.1 Å². The number of para-hydroxylation sites is 1. The van der Waals surface area contributed by atoms with Gasteiger partial charge in [-0.3, -0.25) is 9.69 Å². The molecule has 48 heavy (non-hydrogen) atoms. The van der Waals surface area contributed by atoms with Crippen molar-refractivity contribution in [1.82, 2.24) is 30.2 Å². The van der Waals surface area contributed by atoms with Crippen LogP contribution in [0.1, 0.15) is 55.7 Å². The Morgan fingerprint density at radius 1 is 1.00 bits per heavy atom. The maximum Gasteiger partial charge on any atom is 0.322 e. The Morgan fingerprint density at radius 2 is 1.73 bits per heavy atom. The van der Waals surface area contributed by atoms with Crippen molar-refractivity contribution in [1.29, 1.82) is 0 Å². The molecule has 1 unspecified atom stereocenters. The number of benzene rings is 2. The number of halogens is 1. The summed E-state index contributed by atoms with van der Waals surface area (Å²) < 4.78 is 0. The van der Waals surface area contributed by atoms with Crippen LogP contribution in [0.25, 0.3) is 0 Å². The maximum absolute atomic E-state index is 14.2. The van der Waals surface area contributed by atoms with Gasteiger partial charge in [-0.2, -0.15) is 0 Å². The first-order chi connectivity index (χ1) is 23.3. The van der Waals surface area contributed by atoms with E-state index in [0.29, 0.717) is 80.8 Å². The van der Waals surface area contributed by atoms with E-state index in [9.17, 15) is 14.4 Å². The van der Waals surface area contributed by atoms with Gasteiger partial charge in [-0.1, -0.05) is 42.8 Å². The summed E-state index contributed by atoms with van der Waals surface area (Å²) in [5.41, 5.74) is 10.6. The number of amides is 5. The van der Waals surface area contributed by atoms with Crippen molar-refractivity contribution in [3.8, 4) is 0 Å². The number of piperazine rings is 1. The van der Waals surface area contributed by atoms with E-state index in [1.165, 1.54) is 6.42 Å². The van der Waals surface area contributed by atoms with E-state index in [0.717, 1.165) is 61.2 Å². The molecule has 5 N–H and O–H groups in total. The van der Waals surface area contributed by atoms with E-state index in [2.05, 4.69) is 26.9 Å². The number of piperidine rings is 2. The summed E-state index contributed by atoms with van der Waals surface area (Å²) in [6, 6.07) is 12.5. The highest BCUT2D eigenvalue weighted by Crippen LogP contribution is 2.31. The molecule has 11 nitrogen and oxygen atoms in total. The second-order valence-electron chi connectivity index (χ2n) is 14.2. The van der Waals surface area contributed by atoms with Crippen molar-refractivity contribution in [2.24, 2.45) is 0 Å². The van der Waals surface area contributed by atoms with Gasteiger partial charge < -0.3 is 36.4 Å². The van der Waals surface area contributed by atoms with Gasteiger partial charge in [0.1, 0.15) is 6.04 Å². The van der Waals surface area contributed by atoms with Gasteiger partial charge in [0.05, 0.1) is 10.7 Å². The number of hydrogen-bond acceptors (Lipinski definition) is 6. The van der Waals surface area contributed by atoms with Crippen LogP contribution in [0.4, 0.5) is 21.0 Å². The van der Waals surface area contributed by atoms with E-state index in [-0.39, 0.29) is 24.0 Å². The average molecular weight is 677 g/mol. The smallest absolute Gasteiger partial charge is 0.322 e. The van der Waals surface area contributed by atoms with E-state index in [1.807, 2.05) is 47.1 Å². The number of nitrogens with zero attached hydrogens (tertiary/aromatic N) is 4. The van der Waals surface area contributed by atoms with Gasteiger partial charge in [0.15, 0.2) is 0 Å². The first-order valence-corrected chi connectivity index (χ1v) is 18.2. The normalized spacial score (nSPS) is 24.3. The van der Waals surface area contributed by atoms with E-state index in [4.69, 9.17) is 17.3 Å². The largest absolute Gasteiger partial charge is 0.397 e. The monoisotopic (exact) mass is 676 g/mol. The highest BCUT2D eigenvalue weighted by molar-refractivity contribution is 6.33. The maximum atomic E-state index is 14.2. The fourth-order valence-electron chi connectivity index (χ4n) is 8.62. The number of likely N-dealkylation sites (tertiary alicyclic amines) is 3. The zero-order valence-electron chi connectivity index (χ0n) is 27.9. The minimum atomic E-state index is -0.724. The molecule has 4 saturated heterocycles. The number of rotatable bonds is 7. The SMILES string of the molecule is CCc1cc(C[C@@H](NC(=O)N2CCC(N3CCc4ccccc4NC3=O)CC2)C(=O)N2CCC(N3C[C@H]4CC3CN4)CC2)cc(Cl)c1N. The number of nitrogens with two attached hydrogens (primary N) is 1. The topological polar surface area (TPSA) is 126 Å². The molecule has 0 aliphatic carbocycles. The summed E-state index contributed by atoms with van der Waals surface area (Å²) in [6.07, 6.45) is 6.36. The van der Waals surface area contributed by atoms with Gasteiger partial charge >= 0.3 is 12.1 Å². The van der Waals surface area contributed by atoms with Crippen LogP contribution in [0.15, 0.2) is 36.4 Å². The molecular weight excluding hydrogens is 628 g/mol. The summed E-state index contributed by atoms with van der Waals surface area (Å²) in [5.74, 6) is -0.0481. The molecule has 4 fully saturated rings. The molecule has 5 aliphatic rings. The van der Waals surface area contributed by atoms with Crippen molar-refractivity contribution in [3.63, 3.8) is 0 Å². The van der Waals surface area contributed by atoms with Gasteiger partial charge in [0.25, 0.3) is 0 Å². The van der Waals surface area contributed by atoms with Crippen LogP contribution in [0.5, 0.6) is 0 Å². The summed E-state index contributed by atoms with van der Waals surface area (Å²) >= 11 is 6.51. The number of urea groups is 2. The first kappa shape index (κ1) is 33.0. The lowest BCUT2D eigenvalue weighted by atomic mass is 9.98. The minimum absolute atomic E-state index is 0.0481. The van der Waals surface area contributed by atoms with E-state index in [1.54, 1.807) is 4.90 Å². The van der Waals surface area contributed by atoms with Crippen LogP contribution < -0.4 is 21.7 Å². The lowest BCUT2D eigenvalue weighted by Gasteiger charge is -2.41. The number of anilines is 2. The summed E-state index contributed by atoms with van der Waals surface area (Å²) in [6.45, 7) is 7.25. The molecule has 2 aromatic carbocycles. The molecule has 7 rings (SSSR count). The summed E-state index contributed by atoms with van der Waals surface area (Å²) in [4.78, 5) is 49.4. The molecule has 5 heterocycles. The van der Waals surface area contributed by atoms with Crippen LogP contribution in [-0.4, -0.2) is 114 Å². The van der Waals surface area contributed by atoms with Crippen LogP contribution >= 0.6 is 11.6 Å². The Bertz CT molecular complexity index is 1520. The van der Waals surface area contributed by atoms with Gasteiger partial charge in [0.2, 0.25) is 5.91 Å². The predicted molar refractivity (Wildman–Crippen MR) is 188 cm³/mol. The van der Waals surface area contributed by atoms with Crippen LogP contribution in [0.3, 0.4) is 0 Å². The van der Waals surface area contributed by atoms with Crippen molar-refractivity contribution in [2.45, 2.75) is 88.5 Å². The fraction of sp³-hybridized carbons (Fsp3) is 0.583. The fourth-order valence-corrected chi connectivity index (χ4v) is 8.88. The number of aryl methyl sites for hydroxylation is 1. The second kappa shape index (κ2) is 14.1. The van der Waals surface area contributed by atoms with Crippen molar-refractivity contribution >= 4 is 40.9 Å². The molecule has 5 aliphatic heterocycles. The summed E-state index contributed by atoms with van der Waals surface area (Å²) in [5, 5.41) is 10.3. The Morgan fingerprint density at radius 3 is 2.44 bits per heavy atom. The number of carbonyl (C=O) groups excluding carboxylic acids is 3. The molecular formula is C36H49ClN8O3. The molecule has 5 amide bonds. The molecule has 0 aromatic heterocycles. The second-order valence-corrected chi connectivity index (χ2v) is 14.6. The average Bonchev–Trinajstić information content (AvgIpc) is 3.70. The Kier molecular flexibility index (Phi) is 9.71. The Balaban J connectivity index is 0.995. The third-order valence-corrected chi connectivity index (χ3v) is 11.7. The van der Waals surface area contributed by atoms with Gasteiger partial charge in [0, 0.05) is 82.1 Å². The number of carbonyl (C=O) groups is 3. The number of fused-ring (bicyclic) bond motifs is 3. The number of nitrogen functional groups attached to an aromatic ring is 1. The van der Waals surface area contributed by atoms with Gasteiger partial charge in [-0.25, -0.2) is 9.59 Å². The molecule has 12 heteroatoms. The lowest BCUT2D eigenvalue weighted by Crippen LogP contribution is -2.58.